The highest BCUT2D eigenvalue weighted by molar-refractivity contribution is 6.32. The fourth-order valence-corrected chi connectivity index (χ4v) is 3.53. The Morgan fingerprint density at radius 2 is 1.97 bits per heavy atom. The van der Waals surface area contributed by atoms with Crippen LogP contribution in [0.1, 0.15) is 18.2 Å². The lowest BCUT2D eigenvalue weighted by Gasteiger charge is -2.09. The van der Waals surface area contributed by atoms with Gasteiger partial charge in [-0.15, -0.1) is 0 Å². The van der Waals surface area contributed by atoms with Gasteiger partial charge in [0.15, 0.2) is 11.5 Å². The third kappa shape index (κ3) is 4.03. The summed E-state index contributed by atoms with van der Waals surface area (Å²) in [7, 11) is 0. The predicted molar refractivity (Wildman–Crippen MR) is 110 cm³/mol. The SMILES string of the molecule is CCN=c1oc(-c2cc(C(F)(F)F)nn2-c2ncccc2Cl)nc2c(C)cc(Cl)cc12. The van der Waals surface area contributed by atoms with Gasteiger partial charge in [-0.3, -0.25) is 4.99 Å². The highest BCUT2D eigenvalue weighted by Crippen LogP contribution is 2.34. The van der Waals surface area contributed by atoms with Crippen LogP contribution in [0.25, 0.3) is 28.3 Å². The second-order valence-corrected chi connectivity index (χ2v) is 7.39. The fourth-order valence-electron chi connectivity index (χ4n) is 3.06. The Labute approximate surface area is 184 Å². The van der Waals surface area contributed by atoms with Crippen LogP contribution in [0, 0.1) is 6.92 Å². The molecule has 0 saturated heterocycles. The Morgan fingerprint density at radius 3 is 2.65 bits per heavy atom. The van der Waals surface area contributed by atoms with Crippen molar-refractivity contribution in [2.45, 2.75) is 20.0 Å². The van der Waals surface area contributed by atoms with Crippen LogP contribution in [0.15, 0.2) is 45.9 Å². The van der Waals surface area contributed by atoms with Crippen molar-refractivity contribution in [3.8, 4) is 17.4 Å². The van der Waals surface area contributed by atoms with E-state index in [1.54, 1.807) is 32.0 Å². The molecule has 0 fully saturated rings. The maximum absolute atomic E-state index is 13.5. The molecule has 1 aromatic carbocycles. The summed E-state index contributed by atoms with van der Waals surface area (Å²) in [5, 5.41) is 4.80. The number of hydrogen-bond donors (Lipinski definition) is 0. The van der Waals surface area contributed by atoms with Crippen molar-refractivity contribution < 1.29 is 17.6 Å². The molecule has 0 N–H and O–H groups in total. The quantitative estimate of drug-likeness (QED) is 0.391. The molecule has 0 bridgehead atoms. The topological polar surface area (TPSA) is 69.1 Å². The molecule has 11 heteroatoms. The lowest BCUT2D eigenvalue weighted by Crippen LogP contribution is -2.10. The van der Waals surface area contributed by atoms with Gasteiger partial charge >= 0.3 is 6.18 Å². The Bertz CT molecular complexity index is 1360. The molecule has 3 aromatic heterocycles. The van der Waals surface area contributed by atoms with E-state index in [4.69, 9.17) is 27.6 Å². The molecule has 4 rings (SSSR count). The molecule has 31 heavy (non-hydrogen) atoms. The van der Waals surface area contributed by atoms with Crippen molar-refractivity contribution in [3.05, 3.63) is 63.4 Å². The van der Waals surface area contributed by atoms with E-state index in [9.17, 15) is 13.2 Å². The van der Waals surface area contributed by atoms with Crippen LogP contribution in [0.4, 0.5) is 13.2 Å². The van der Waals surface area contributed by atoms with Gasteiger partial charge in [0.1, 0.15) is 5.69 Å². The standard InChI is InChI=1S/C20H14Cl2F3N5O/c1-3-26-18-12-8-11(21)7-10(2)16(12)28-19(31-18)14-9-15(20(23,24)25)29-30(14)17-13(22)5-4-6-27-17/h4-9H,3H2,1-2H3. The van der Waals surface area contributed by atoms with Crippen molar-refractivity contribution in [2.75, 3.05) is 6.54 Å². The molecule has 6 nitrogen and oxygen atoms in total. The number of hydrogen-bond acceptors (Lipinski definition) is 5. The Hall–Kier alpha value is -2.91. The van der Waals surface area contributed by atoms with E-state index in [1.165, 1.54) is 12.3 Å². The first-order valence-electron chi connectivity index (χ1n) is 9.09. The van der Waals surface area contributed by atoms with Gasteiger partial charge in [-0.25, -0.2) is 14.6 Å². The van der Waals surface area contributed by atoms with Crippen molar-refractivity contribution in [3.63, 3.8) is 0 Å². The van der Waals surface area contributed by atoms with Crippen LogP contribution in [0.5, 0.6) is 0 Å². The molecule has 0 aliphatic carbocycles. The highest BCUT2D eigenvalue weighted by atomic mass is 35.5. The number of aryl methyl sites for hydroxylation is 1. The number of pyridine rings is 1. The number of nitrogens with zero attached hydrogens (tertiary/aromatic N) is 5. The van der Waals surface area contributed by atoms with Crippen LogP contribution in [-0.2, 0) is 6.18 Å². The average molecular weight is 468 g/mol. The van der Waals surface area contributed by atoms with Crippen molar-refractivity contribution in [1.29, 1.82) is 0 Å². The Kier molecular flexibility index (Phi) is 5.49. The summed E-state index contributed by atoms with van der Waals surface area (Å²) in [6.45, 7) is 3.97. The van der Waals surface area contributed by atoms with Crippen LogP contribution < -0.4 is 5.55 Å². The summed E-state index contributed by atoms with van der Waals surface area (Å²) in [4.78, 5) is 12.8. The van der Waals surface area contributed by atoms with E-state index in [1.807, 2.05) is 0 Å². The van der Waals surface area contributed by atoms with Crippen LogP contribution >= 0.6 is 23.2 Å². The predicted octanol–water partition coefficient (Wildman–Crippen LogP) is 5.63. The molecule has 0 atom stereocenters. The summed E-state index contributed by atoms with van der Waals surface area (Å²) in [5.41, 5.74) is 0.192. The normalized spacial score (nSPS) is 12.7. The third-order valence-corrected chi connectivity index (χ3v) is 4.88. The molecule has 160 valence electrons. The number of aromatic nitrogens is 4. The molecule has 0 spiro atoms. The molecule has 0 amide bonds. The first-order chi connectivity index (χ1) is 14.7. The van der Waals surface area contributed by atoms with Crippen molar-refractivity contribution in [1.82, 2.24) is 19.7 Å². The molecule has 0 radical (unpaired) electrons. The van der Waals surface area contributed by atoms with Gasteiger partial charge in [-0.1, -0.05) is 23.2 Å². The maximum atomic E-state index is 13.5. The molecule has 0 unspecified atom stereocenters. The largest absolute Gasteiger partial charge is 0.435 e. The molecule has 3 heterocycles. The molecular formula is C20H14Cl2F3N5O. The highest BCUT2D eigenvalue weighted by Gasteiger charge is 2.36. The van der Waals surface area contributed by atoms with E-state index >= 15 is 0 Å². The minimum Gasteiger partial charge on any atom is -0.418 e. The third-order valence-electron chi connectivity index (χ3n) is 4.36. The van der Waals surface area contributed by atoms with Crippen molar-refractivity contribution in [2.24, 2.45) is 4.99 Å². The second kappa shape index (κ2) is 7.97. The minimum atomic E-state index is -4.70. The number of alkyl halides is 3. The van der Waals surface area contributed by atoms with Crippen LogP contribution in [0.3, 0.4) is 0 Å². The smallest absolute Gasteiger partial charge is 0.418 e. The fraction of sp³-hybridized carbons (Fsp3) is 0.200. The Morgan fingerprint density at radius 1 is 1.19 bits per heavy atom. The van der Waals surface area contributed by atoms with Crippen LogP contribution in [0.2, 0.25) is 10.0 Å². The zero-order chi connectivity index (χ0) is 22.3. The van der Waals surface area contributed by atoms with Crippen molar-refractivity contribution >= 4 is 34.1 Å². The summed E-state index contributed by atoms with van der Waals surface area (Å²) in [6.07, 6.45) is -3.30. The first kappa shape index (κ1) is 21.3. The summed E-state index contributed by atoms with van der Waals surface area (Å²) >= 11 is 12.3. The number of benzene rings is 1. The van der Waals surface area contributed by atoms with Gasteiger partial charge in [-0.2, -0.15) is 18.3 Å². The van der Waals surface area contributed by atoms with E-state index in [-0.39, 0.29) is 28.0 Å². The molecule has 0 saturated carbocycles. The maximum Gasteiger partial charge on any atom is 0.435 e. The number of halogens is 5. The van der Waals surface area contributed by atoms with E-state index in [2.05, 4.69) is 20.1 Å². The molecule has 0 aliphatic rings. The minimum absolute atomic E-state index is 0.00794. The number of rotatable bonds is 3. The lowest BCUT2D eigenvalue weighted by molar-refractivity contribution is -0.141. The van der Waals surface area contributed by atoms with Gasteiger partial charge in [0.25, 0.3) is 0 Å². The van der Waals surface area contributed by atoms with Gasteiger partial charge < -0.3 is 4.42 Å². The van der Waals surface area contributed by atoms with Gasteiger partial charge in [0.2, 0.25) is 11.4 Å². The van der Waals surface area contributed by atoms with Gasteiger partial charge in [0, 0.05) is 23.8 Å². The number of fused-ring (bicyclic) bond motifs is 1. The lowest BCUT2D eigenvalue weighted by atomic mass is 10.1. The first-order valence-corrected chi connectivity index (χ1v) is 9.84. The summed E-state index contributed by atoms with van der Waals surface area (Å²) in [5.74, 6) is -0.108. The zero-order valence-electron chi connectivity index (χ0n) is 16.2. The second-order valence-electron chi connectivity index (χ2n) is 6.55. The molecule has 4 aromatic rings. The van der Waals surface area contributed by atoms with Gasteiger partial charge in [-0.05, 0) is 43.7 Å². The van der Waals surface area contributed by atoms with E-state index in [0.717, 1.165) is 10.7 Å². The molecular weight excluding hydrogens is 454 g/mol. The summed E-state index contributed by atoms with van der Waals surface area (Å²) in [6, 6.07) is 7.24. The zero-order valence-corrected chi connectivity index (χ0v) is 17.7. The summed E-state index contributed by atoms with van der Waals surface area (Å²) < 4.78 is 47.2. The van der Waals surface area contributed by atoms with Gasteiger partial charge in [0.05, 0.1) is 15.9 Å². The molecule has 0 aliphatic heterocycles. The van der Waals surface area contributed by atoms with Crippen LogP contribution in [-0.4, -0.2) is 26.3 Å². The average Bonchev–Trinajstić information content (AvgIpc) is 3.14. The monoisotopic (exact) mass is 467 g/mol. The van der Waals surface area contributed by atoms with E-state index < -0.39 is 11.9 Å². The van der Waals surface area contributed by atoms with E-state index in [0.29, 0.717) is 28.0 Å². The Balaban J connectivity index is 2.07.